The molecule has 0 aliphatic heterocycles. The van der Waals surface area contributed by atoms with Crippen molar-refractivity contribution in [1.82, 2.24) is 14.6 Å². The zero-order valence-corrected chi connectivity index (χ0v) is 13.6. The average molecular weight is 342 g/mol. The second-order valence-corrected chi connectivity index (χ2v) is 5.89. The molecule has 0 saturated carbocycles. The van der Waals surface area contributed by atoms with Gasteiger partial charge in [0.1, 0.15) is 17.2 Å². The Morgan fingerprint density at radius 1 is 0.962 bits per heavy atom. The number of hydrogen-bond acceptors (Lipinski definition) is 5. The largest absolute Gasteiger partial charge is 0.508 e. The standard InChI is InChI=1S/C20H14N4O2/c25-16-7-5-15(6-8-16)24(19-10-12-23-18(22-19)9-11-21-23)20-13-14-3-1-2-4-17(14)26-20/h1-13,25H. The van der Waals surface area contributed by atoms with Gasteiger partial charge in [0, 0.05) is 23.7 Å². The number of anilines is 3. The fourth-order valence-electron chi connectivity index (χ4n) is 2.98. The Kier molecular flexibility index (Phi) is 3.15. The lowest BCUT2D eigenvalue weighted by molar-refractivity contribution is 0.475. The summed E-state index contributed by atoms with van der Waals surface area (Å²) >= 11 is 0. The smallest absolute Gasteiger partial charge is 0.206 e. The van der Waals surface area contributed by atoms with Crippen molar-refractivity contribution in [3.8, 4) is 5.75 Å². The number of furan rings is 1. The van der Waals surface area contributed by atoms with E-state index in [0.29, 0.717) is 11.7 Å². The van der Waals surface area contributed by atoms with Gasteiger partial charge < -0.3 is 9.52 Å². The van der Waals surface area contributed by atoms with Gasteiger partial charge in [-0.25, -0.2) is 9.50 Å². The Bertz CT molecular complexity index is 1170. The van der Waals surface area contributed by atoms with Gasteiger partial charge in [-0.05, 0) is 36.4 Å². The number of phenolic OH excluding ortho intramolecular Hbond substituents is 1. The maximum absolute atomic E-state index is 9.64. The average Bonchev–Trinajstić information content (AvgIpc) is 3.29. The van der Waals surface area contributed by atoms with Crippen LogP contribution in [0.3, 0.4) is 0 Å². The minimum absolute atomic E-state index is 0.206. The van der Waals surface area contributed by atoms with Crippen LogP contribution in [0.25, 0.3) is 16.6 Å². The molecule has 5 rings (SSSR count). The lowest BCUT2D eigenvalue weighted by atomic mass is 10.2. The second-order valence-electron chi connectivity index (χ2n) is 5.89. The summed E-state index contributed by atoms with van der Waals surface area (Å²) in [5.41, 5.74) is 2.37. The molecular weight excluding hydrogens is 328 g/mol. The van der Waals surface area contributed by atoms with Gasteiger partial charge >= 0.3 is 0 Å². The van der Waals surface area contributed by atoms with Gasteiger partial charge in [0.25, 0.3) is 0 Å². The van der Waals surface area contributed by atoms with E-state index in [0.717, 1.165) is 22.3 Å². The summed E-state index contributed by atoms with van der Waals surface area (Å²) < 4.78 is 7.77. The molecule has 126 valence electrons. The van der Waals surface area contributed by atoms with Crippen molar-refractivity contribution in [1.29, 1.82) is 0 Å². The Hall–Kier alpha value is -3.80. The Labute approximate surface area is 148 Å². The van der Waals surface area contributed by atoms with E-state index in [4.69, 9.17) is 4.42 Å². The predicted octanol–water partition coefficient (Wildman–Crippen LogP) is 4.65. The van der Waals surface area contributed by atoms with E-state index in [1.54, 1.807) is 22.8 Å². The number of nitrogens with zero attached hydrogens (tertiary/aromatic N) is 4. The maximum Gasteiger partial charge on any atom is 0.206 e. The number of benzene rings is 2. The number of aromatic nitrogens is 3. The number of rotatable bonds is 3. The minimum atomic E-state index is 0.206. The van der Waals surface area contributed by atoms with Gasteiger partial charge in [0.05, 0.1) is 11.9 Å². The first-order valence-electron chi connectivity index (χ1n) is 8.16. The molecule has 0 atom stereocenters. The fraction of sp³-hybridized carbons (Fsp3) is 0. The normalized spacial score (nSPS) is 11.2. The van der Waals surface area contributed by atoms with E-state index in [-0.39, 0.29) is 5.75 Å². The number of hydrogen-bond donors (Lipinski definition) is 1. The van der Waals surface area contributed by atoms with Crippen LogP contribution in [0.1, 0.15) is 0 Å². The highest BCUT2D eigenvalue weighted by Crippen LogP contribution is 2.37. The van der Waals surface area contributed by atoms with Gasteiger partial charge in [0.15, 0.2) is 5.65 Å². The number of para-hydroxylation sites is 1. The van der Waals surface area contributed by atoms with Gasteiger partial charge in [-0.3, -0.25) is 4.90 Å². The monoisotopic (exact) mass is 342 g/mol. The molecule has 0 spiro atoms. The minimum Gasteiger partial charge on any atom is -0.508 e. The molecule has 0 saturated heterocycles. The molecule has 3 heterocycles. The van der Waals surface area contributed by atoms with Crippen LogP contribution < -0.4 is 4.90 Å². The van der Waals surface area contributed by atoms with E-state index in [2.05, 4.69) is 10.1 Å². The molecule has 0 unspecified atom stereocenters. The third-order valence-corrected chi connectivity index (χ3v) is 4.21. The lowest BCUT2D eigenvalue weighted by Gasteiger charge is -2.21. The molecule has 0 aliphatic rings. The van der Waals surface area contributed by atoms with Crippen molar-refractivity contribution >= 4 is 34.0 Å². The molecule has 26 heavy (non-hydrogen) atoms. The highest BCUT2D eigenvalue weighted by molar-refractivity contribution is 5.84. The molecule has 6 heteroatoms. The Morgan fingerprint density at radius 3 is 2.65 bits per heavy atom. The first kappa shape index (κ1) is 14.5. The van der Waals surface area contributed by atoms with Crippen LogP contribution in [0.5, 0.6) is 5.75 Å². The third kappa shape index (κ3) is 2.36. The first-order chi connectivity index (χ1) is 12.8. The van der Waals surface area contributed by atoms with Gasteiger partial charge in [-0.2, -0.15) is 5.10 Å². The van der Waals surface area contributed by atoms with E-state index < -0.39 is 0 Å². The van der Waals surface area contributed by atoms with Crippen molar-refractivity contribution in [2.75, 3.05) is 4.90 Å². The topological polar surface area (TPSA) is 66.8 Å². The van der Waals surface area contributed by atoms with Crippen LogP contribution in [0.2, 0.25) is 0 Å². The van der Waals surface area contributed by atoms with Crippen molar-refractivity contribution in [2.24, 2.45) is 0 Å². The van der Waals surface area contributed by atoms with Crippen LogP contribution >= 0.6 is 0 Å². The molecular formula is C20H14N4O2. The van der Waals surface area contributed by atoms with Gasteiger partial charge in [-0.1, -0.05) is 18.2 Å². The van der Waals surface area contributed by atoms with E-state index in [9.17, 15) is 5.11 Å². The van der Waals surface area contributed by atoms with E-state index in [1.165, 1.54) is 0 Å². The van der Waals surface area contributed by atoms with E-state index in [1.807, 2.05) is 65.7 Å². The number of fused-ring (bicyclic) bond motifs is 2. The van der Waals surface area contributed by atoms with Gasteiger partial charge in [0.2, 0.25) is 5.88 Å². The molecule has 3 aromatic heterocycles. The molecule has 0 bridgehead atoms. The molecule has 2 aromatic carbocycles. The predicted molar refractivity (Wildman–Crippen MR) is 99.1 cm³/mol. The van der Waals surface area contributed by atoms with Crippen LogP contribution in [-0.4, -0.2) is 19.7 Å². The zero-order valence-electron chi connectivity index (χ0n) is 13.6. The molecule has 0 radical (unpaired) electrons. The lowest BCUT2D eigenvalue weighted by Crippen LogP contribution is -2.11. The van der Waals surface area contributed by atoms with Crippen LogP contribution in [-0.2, 0) is 0 Å². The van der Waals surface area contributed by atoms with Crippen molar-refractivity contribution < 1.29 is 9.52 Å². The molecule has 5 aromatic rings. The van der Waals surface area contributed by atoms with Gasteiger partial charge in [-0.15, -0.1) is 0 Å². The molecule has 1 N–H and O–H groups in total. The van der Waals surface area contributed by atoms with E-state index >= 15 is 0 Å². The summed E-state index contributed by atoms with van der Waals surface area (Å²) in [6, 6.07) is 20.5. The van der Waals surface area contributed by atoms with Crippen LogP contribution in [0.15, 0.2) is 83.5 Å². The Balaban J connectivity index is 1.72. The van der Waals surface area contributed by atoms with Crippen molar-refractivity contribution in [3.05, 3.63) is 79.1 Å². The summed E-state index contributed by atoms with van der Waals surface area (Å²) in [6.07, 6.45) is 3.56. The van der Waals surface area contributed by atoms with Crippen LogP contribution in [0, 0.1) is 0 Å². The first-order valence-corrected chi connectivity index (χ1v) is 8.16. The number of phenols is 1. The summed E-state index contributed by atoms with van der Waals surface area (Å²) in [7, 11) is 0. The summed E-state index contributed by atoms with van der Waals surface area (Å²) in [6.45, 7) is 0. The summed E-state index contributed by atoms with van der Waals surface area (Å²) in [5, 5.41) is 14.8. The maximum atomic E-state index is 9.64. The number of aromatic hydroxyl groups is 1. The second kappa shape index (κ2) is 5.63. The fourth-order valence-corrected chi connectivity index (χ4v) is 2.98. The highest BCUT2D eigenvalue weighted by Gasteiger charge is 2.18. The van der Waals surface area contributed by atoms with Crippen molar-refractivity contribution in [3.63, 3.8) is 0 Å². The summed E-state index contributed by atoms with van der Waals surface area (Å²) in [5.74, 6) is 1.55. The molecule has 0 fully saturated rings. The van der Waals surface area contributed by atoms with Crippen molar-refractivity contribution in [2.45, 2.75) is 0 Å². The molecule has 0 aliphatic carbocycles. The SMILES string of the molecule is Oc1ccc(N(c2ccn3nccc3n2)c2cc3ccccc3o2)cc1. The highest BCUT2D eigenvalue weighted by atomic mass is 16.4. The summed E-state index contributed by atoms with van der Waals surface area (Å²) in [4.78, 5) is 6.59. The Morgan fingerprint density at radius 2 is 1.81 bits per heavy atom. The third-order valence-electron chi connectivity index (χ3n) is 4.21. The quantitative estimate of drug-likeness (QED) is 0.517. The molecule has 0 amide bonds. The zero-order chi connectivity index (χ0) is 17.5. The van der Waals surface area contributed by atoms with Crippen LogP contribution in [0.4, 0.5) is 17.4 Å². The molecule has 6 nitrogen and oxygen atoms in total.